The number of esters is 1. The maximum Gasteiger partial charge on any atom is 0.338 e. The van der Waals surface area contributed by atoms with E-state index in [4.69, 9.17) is 14.2 Å². The summed E-state index contributed by atoms with van der Waals surface area (Å²) in [7, 11) is 0. The number of aryl methyl sites for hydroxylation is 1. The molecule has 2 aromatic carbocycles. The fourth-order valence-electron chi connectivity index (χ4n) is 2.65. The van der Waals surface area contributed by atoms with E-state index in [0.717, 1.165) is 11.1 Å². The third kappa shape index (κ3) is 7.65. The summed E-state index contributed by atoms with van der Waals surface area (Å²) in [6.45, 7) is 7.50. The summed E-state index contributed by atoms with van der Waals surface area (Å²) in [5, 5.41) is 0. The lowest BCUT2D eigenvalue weighted by atomic mass is 10.0. The van der Waals surface area contributed by atoms with Gasteiger partial charge in [0.15, 0.2) is 13.2 Å². The van der Waals surface area contributed by atoms with Gasteiger partial charge in [0.25, 0.3) is 11.8 Å². The van der Waals surface area contributed by atoms with Gasteiger partial charge in [0.2, 0.25) is 0 Å². The van der Waals surface area contributed by atoms with Crippen molar-refractivity contribution in [2.45, 2.75) is 33.6 Å². The zero-order valence-corrected chi connectivity index (χ0v) is 18.2. The van der Waals surface area contributed by atoms with Crippen LogP contribution in [0.2, 0.25) is 0 Å². The molecule has 31 heavy (non-hydrogen) atoms. The summed E-state index contributed by atoms with van der Waals surface area (Å²) < 4.78 is 15.8. The third-order valence-corrected chi connectivity index (χ3v) is 4.23. The predicted octanol–water partition coefficient (Wildman–Crippen LogP) is 2.90. The summed E-state index contributed by atoms with van der Waals surface area (Å²) in [5.41, 5.74) is 6.97. The second-order valence-corrected chi connectivity index (χ2v) is 7.11. The molecule has 0 fully saturated rings. The Hall–Kier alpha value is -3.55. The zero-order valence-electron chi connectivity index (χ0n) is 18.2. The Balaban J connectivity index is 1.74. The van der Waals surface area contributed by atoms with E-state index in [1.54, 1.807) is 31.2 Å². The van der Waals surface area contributed by atoms with Crippen LogP contribution in [0.3, 0.4) is 0 Å². The molecular formula is C23H28N2O6. The van der Waals surface area contributed by atoms with E-state index in [9.17, 15) is 14.4 Å². The minimum Gasteiger partial charge on any atom is -0.484 e. The molecule has 2 rings (SSSR count). The highest BCUT2D eigenvalue weighted by atomic mass is 16.5. The summed E-state index contributed by atoms with van der Waals surface area (Å²) >= 11 is 0. The molecule has 0 atom stereocenters. The molecule has 0 aliphatic heterocycles. The van der Waals surface area contributed by atoms with Crippen molar-refractivity contribution in [1.82, 2.24) is 10.9 Å². The molecular weight excluding hydrogens is 400 g/mol. The van der Waals surface area contributed by atoms with Crippen LogP contribution in [0.4, 0.5) is 0 Å². The first-order chi connectivity index (χ1) is 14.8. The fourth-order valence-corrected chi connectivity index (χ4v) is 2.65. The molecule has 8 heteroatoms. The minimum absolute atomic E-state index is 0.236. The van der Waals surface area contributed by atoms with E-state index < -0.39 is 17.8 Å². The molecule has 0 aliphatic rings. The average molecular weight is 428 g/mol. The second-order valence-electron chi connectivity index (χ2n) is 7.11. The number of nitrogens with one attached hydrogen (secondary N) is 2. The van der Waals surface area contributed by atoms with Crippen molar-refractivity contribution in [3.8, 4) is 11.5 Å². The molecule has 0 unspecified atom stereocenters. The van der Waals surface area contributed by atoms with Crippen molar-refractivity contribution in [2.24, 2.45) is 0 Å². The number of carbonyl (C=O) groups is 3. The summed E-state index contributed by atoms with van der Waals surface area (Å²) in [4.78, 5) is 35.5. The normalized spacial score (nSPS) is 10.4. The van der Waals surface area contributed by atoms with Crippen LogP contribution >= 0.6 is 0 Å². The molecule has 8 nitrogen and oxygen atoms in total. The van der Waals surface area contributed by atoms with Gasteiger partial charge in [-0.1, -0.05) is 26.0 Å². The molecule has 0 saturated carbocycles. The summed E-state index contributed by atoms with van der Waals surface area (Å²) in [6.07, 6.45) is 0. The molecule has 166 valence electrons. The van der Waals surface area contributed by atoms with Crippen LogP contribution in [-0.4, -0.2) is 37.6 Å². The Labute approximate surface area is 181 Å². The van der Waals surface area contributed by atoms with Gasteiger partial charge in [0.05, 0.1) is 12.2 Å². The van der Waals surface area contributed by atoms with E-state index in [-0.39, 0.29) is 25.7 Å². The smallest absolute Gasteiger partial charge is 0.338 e. The van der Waals surface area contributed by atoms with Crippen molar-refractivity contribution in [3.05, 3.63) is 59.2 Å². The fraction of sp³-hybridized carbons (Fsp3) is 0.348. The first-order valence-electron chi connectivity index (χ1n) is 10.0. The largest absolute Gasteiger partial charge is 0.484 e. The molecule has 0 heterocycles. The molecule has 0 aromatic heterocycles. The summed E-state index contributed by atoms with van der Waals surface area (Å²) in [6, 6.07) is 12.0. The lowest BCUT2D eigenvalue weighted by Gasteiger charge is -2.15. The van der Waals surface area contributed by atoms with Gasteiger partial charge in [-0.25, -0.2) is 4.79 Å². The van der Waals surface area contributed by atoms with Gasteiger partial charge in [-0.3, -0.25) is 20.4 Å². The Morgan fingerprint density at radius 1 is 0.903 bits per heavy atom. The average Bonchev–Trinajstić information content (AvgIpc) is 2.75. The standard InChI is InChI=1S/C23H28N2O6/c1-5-29-23(28)17-7-9-18(10-8-17)30-13-21(26)24-25-22(27)14-31-20-12-16(4)6-11-19(20)15(2)3/h6-12,15H,5,13-14H2,1-4H3,(H,24,26)(H,25,27). The highest BCUT2D eigenvalue weighted by molar-refractivity contribution is 5.89. The maximum atomic E-state index is 12.0. The van der Waals surface area contributed by atoms with Gasteiger partial charge in [-0.15, -0.1) is 0 Å². The van der Waals surface area contributed by atoms with Crippen molar-refractivity contribution in [1.29, 1.82) is 0 Å². The van der Waals surface area contributed by atoms with Crippen molar-refractivity contribution >= 4 is 17.8 Å². The van der Waals surface area contributed by atoms with Gasteiger partial charge in [-0.05, 0) is 61.2 Å². The van der Waals surface area contributed by atoms with Crippen LogP contribution in [0.15, 0.2) is 42.5 Å². The predicted molar refractivity (Wildman–Crippen MR) is 115 cm³/mol. The Morgan fingerprint density at radius 2 is 1.52 bits per heavy atom. The van der Waals surface area contributed by atoms with E-state index in [2.05, 4.69) is 10.9 Å². The van der Waals surface area contributed by atoms with Gasteiger partial charge >= 0.3 is 5.97 Å². The highest BCUT2D eigenvalue weighted by Gasteiger charge is 2.11. The number of ether oxygens (including phenoxy) is 3. The van der Waals surface area contributed by atoms with Crippen LogP contribution in [0.25, 0.3) is 0 Å². The van der Waals surface area contributed by atoms with Crippen molar-refractivity contribution in [3.63, 3.8) is 0 Å². The highest BCUT2D eigenvalue weighted by Crippen LogP contribution is 2.27. The van der Waals surface area contributed by atoms with Gasteiger partial charge in [0.1, 0.15) is 11.5 Å². The third-order valence-electron chi connectivity index (χ3n) is 4.23. The zero-order chi connectivity index (χ0) is 22.8. The molecule has 0 bridgehead atoms. The van der Waals surface area contributed by atoms with Crippen LogP contribution in [-0.2, 0) is 14.3 Å². The van der Waals surface area contributed by atoms with Crippen LogP contribution in [0.5, 0.6) is 11.5 Å². The number of carbonyl (C=O) groups excluding carboxylic acids is 3. The molecule has 0 saturated heterocycles. The molecule has 2 amide bonds. The van der Waals surface area contributed by atoms with Gasteiger partial charge in [0, 0.05) is 0 Å². The van der Waals surface area contributed by atoms with E-state index in [1.807, 2.05) is 39.0 Å². The van der Waals surface area contributed by atoms with Crippen molar-refractivity contribution < 1.29 is 28.6 Å². The molecule has 2 aromatic rings. The Kier molecular flexibility index (Phi) is 8.87. The molecule has 0 spiro atoms. The van der Waals surface area contributed by atoms with Gasteiger partial charge in [-0.2, -0.15) is 0 Å². The topological polar surface area (TPSA) is 103 Å². The Morgan fingerprint density at radius 3 is 2.10 bits per heavy atom. The quantitative estimate of drug-likeness (QED) is 0.470. The van der Waals surface area contributed by atoms with Crippen LogP contribution in [0.1, 0.15) is 48.2 Å². The van der Waals surface area contributed by atoms with E-state index in [1.165, 1.54) is 0 Å². The number of rotatable bonds is 9. The SMILES string of the molecule is CCOC(=O)c1ccc(OCC(=O)NNC(=O)COc2cc(C)ccc2C(C)C)cc1. The Bertz CT molecular complexity index is 909. The molecule has 0 aliphatic carbocycles. The van der Waals surface area contributed by atoms with Crippen molar-refractivity contribution in [2.75, 3.05) is 19.8 Å². The van der Waals surface area contributed by atoms with Crippen LogP contribution in [0, 0.1) is 6.92 Å². The first kappa shape index (κ1) is 23.7. The molecule has 2 N–H and O–H groups in total. The number of amides is 2. The van der Waals surface area contributed by atoms with Crippen LogP contribution < -0.4 is 20.3 Å². The first-order valence-corrected chi connectivity index (χ1v) is 10.0. The number of hydrazine groups is 1. The number of hydrogen-bond acceptors (Lipinski definition) is 6. The maximum absolute atomic E-state index is 12.0. The van der Waals surface area contributed by atoms with E-state index >= 15 is 0 Å². The minimum atomic E-state index is -0.541. The lowest BCUT2D eigenvalue weighted by molar-refractivity contribution is -0.131. The van der Waals surface area contributed by atoms with E-state index in [0.29, 0.717) is 17.1 Å². The molecule has 0 radical (unpaired) electrons. The summed E-state index contributed by atoms with van der Waals surface area (Å²) in [5.74, 6) is -0.168. The second kappa shape index (κ2) is 11.6. The monoisotopic (exact) mass is 428 g/mol. The van der Waals surface area contributed by atoms with Gasteiger partial charge < -0.3 is 14.2 Å². The number of benzene rings is 2. The lowest BCUT2D eigenvalue weighted by Crippen LogP contribution is -2.45. The number of hydrogen-bond donors (Lipinski definition) is 2.